The monoisotopic (exact) mass is 177 g/mol. The molecular formula is C8H7N3O2. The number of pyridine rings is 1. The maximum Gasteiger partial charge on any atom is 0.329 e. The molecule has 0 aliphatic heterocycles. The van der Waals surface area contributed by atoms with Crippen molar-refractivity contribution in [3.63, 3.8) is 0 Å². The highest BCUT2D eigenvalue weighted by molar-refractivity contribution is 5.72. The molecule has 5 heteroatoms. The fourth-order valence-corrected chi connectivity index (χ4v) is 1.14. The Bertz CT molecular complexity index is 567. The van der Waals surface area contributed by atoms with Crippen molar-refractivity contribution in [1.82, 2.24) is 14.5 Å². The maximum absolute atomic E-state index is 11.5. The third-order valence-electron chi connectivity index (χ3n) is 1.87. The molecule has 2 heterocycles. The number of aromatic nitrogens is 3. The van der Waals surface area contributed by atoms with Crippen molar-refractivity contribution in [3.05, 3.63) is 39.2 Å². The third-order valence-corrected chi connectivity index (χ3v) is 1.87. The number of hydrogen-bond donors (Lipinski definition) is 1. The number of rotatable bonds is 0. The van der Waals surface area contributed by atoms with E-state index in [1.807, 2.05) is 0 Å². The number of aromatic amines is 1. The predicted molar refractivity (Wildman–Crippen MR) is 47.6 cm³/mol. The van der Waals surface area contributed by atoms with Crippen LogP contribution in [-0.2, 0) is 7.05 Å². The first-order valence-electron chi connectivity index (χ1n) is 3.74. The highest BCUT2D eigenvalue weighted by atomic mass is 16.2. The molecule has 0 saturated carbocycles. The number of fused-ring (bicyclic) bond motifs is 1. The Kier molecular flexibility index (Phi) is 1.51. The lowest BCUT2D eigenvalue weighted by Gasteiger charge is -1.97. The summed E-state index contributed by atoms with van der Waals surface area (Å²) >= 11 is 0. The molecule has 5 nitrogen and oxygen atoms in total. The summed E-state index contributed by atoms with van der Waals surface area (Å²) in [5.41, 5.74) is -0.446. The van der Waals surface area contributed by atoms with E-state index in [1.54, 1.807) is 12.1 Å². The van der Waals surface area contributed by atoms with E-state index >= 15 is 0 Å². The minimum Gasteiger partial charge on any atom is -0.291 e. The second-order valence-electron chi connectivity index (χ2n) is 2.69. The zero-order valence-corrected chi connectivity index (χ0v) is 6.94. The van der Waals surface area contributed by atoms with Crippen LogP contribution >= 0.6 is 0 Å². The van der Waals surface area contributed by atoms with E-state index in [4.69, 9.17) is 0 Å². The smallest absolute Gasteiger partial charge is 0.291 e. The Morgan fingerprint density at radius 2 is 2.23 bits per heavy atom. The third kappa shape index (κ3) is 1.05. The lowest BCUT2D eigenvalue weighted by Crippen LogP contribution is -2.32. The van der Waals surface area contributed by atoms with Gasteiger partial charge in [0, 0.05) is 13.2 Å². The Hall–Kier alpha value is -1.91. The van der Waals surface area contributed by atoms with Gasteiger partial charge in [0.2, 0.25) is 0 Å². The fraction of sp³-hybridized carbons (Fsp3) is 0.125. The molecule has 0 aliphatic rings. The maximum atomic E-state index is 11.5. The Morgan fingerprint density at radius 1 is 1.46 bits per heavy atom. The number of H-pyrrole nitrogens is 1. The van der Waals surface area contributed by atoms with Crippen LogP contribution in [0.15, 0.2) is 27.9 Å². The van der Waals surface area contributed by atoms with Crippen LogP contribution in [0.5, 0.6) is 0 Å². The van der Waals surface area contributed by atoms with E-state index in [9.17, 15) is 9.59 Å². The van der Waals surface area contributed by atoms with E-state index in [0.717, 1.165) is 4.57 Å². The summed E-state index contributed by atoms with van der Waals surface area (Å²) in [4.78, 5) is 28.9. The highest BCUT2D eigenvalue weighted by Crippen LogP contribution is 1.97. The largest absolute Gasteiger partial charge is 0.329 e. The van der Waals surface area contributed by atoms with Crippen LogP contribution in [-0.4, -0.2) is 14.5 Å². The SMILES string of the molecule is Cn1c(=O)[nH]c2ncccc2c1=O. The standard InChI is InChI=1S/C8H7N3O2/c1-11-7(12)5-3-2-4-9-6(5)10-8(11)13/h2-4H,1H3,(H,9,10,13). The van der Waals surface area contributed by atoms with Gasteiger partial charge in [-0.3, -0.25) is 14.3 Å². The minimum atomic E-state index is -0.448. The molecular weight excluding hydrogens is 170 g/mol. The molecule has 0 spiro atoms. The first kappa shape index (κ1) is 7.72. The molecule has 1 N–H and O–H groups in total. The van der Waals surface area contributed by atoms with E-state index in [2.05, 4.69) is 9.97 Å². The highest BCUT2D eigenvalue weighted by Gasteiger charge is 2.02. The van der Waals surface area contributed by atoms with Crippen LogP contribution < -0.4 is 11.2 Å². The van der Waals surface area contributed by atoms with Crippen molar-refractivity contribution >= 4 is 11.0 Å². The number of nitrogens with zero attached hydrogens (tertiary/aromatic N) is 2. The van der Waals surface area contributed by atoms with Crippen LogP contribution in [0.3, 0.4) is 0 Å². The average Bonchev–Trinajstić information content (AvgIpc) is 2.15. The number of hydrogen-bond acceptors (Lipinski definition) is 3. The molecule has 0 aromatic carbocycles. The fourth-order valence-electron chi connectivity index (χ4n) is 1.14. The lowest BCUT2D eigenvalue weighted by atomic mass is 10.3. The van der Waals surface area contributed by atoms with Crippen LogP contribution in [0.2, 0.25) is 0 Å². The summed E-state index contributed by atoms with van der Waals surface area (Å²) < 4.78 is 1.02. The molecule has 2 rings (SSSR count). The summed E-state index contributed by atoms with van der Waals surface area (Å²) in [6, 6.07) is 3.28. The zero-order valence-electron chi connectivity index (χ0n) is 6.94. The Labute approximate surface area is 72.7 Å². The van der Waals surface area contributed by atoms with Crippen molar-refractivity contribution in [1.29, 1.82) is 0 Å². The van der Waals surface area contributed by atoms with E-state index in [0.29, 0.717) is 11.0 Å². The van der Waals surface area contributed by atoms with Crippen molar-refractivity contribution in [2.45, 2.75) is 0 Å². The second-order valence-corrected chi connectivity index (χ2v) is 2.69. The van der Waals surface area contributed by atoms with E-state index in [1.165, 1.54) is 13.2 Å². The molecule has 2 aromatic rings. The summed E-state index contributed by atoms with van der Waals surface area (Å²) in [5.74, 6) is 0. The summed E-state index contributed by atoms with van der Waals surface area (Å²) in [6.07, 6.45) is 1.53. The second kappa shape index (κ2) is 2.55. The normalized spacial score (nSPS) is 10.5. The van der Waals surface area contributed by atoms with Crippen molar-refractivity contribution in [2.75, 3.05) is 0 Å². The van der Waals surface area contributed by atoms with Crippen LogP contribution in [0.4, 0.5) is 0 Å². The van der Waals surface area contributed by atoms with Crippen molar-refractivity contribution < 1.29 is 0 Å². The topological polar surface area (TPSA) is 67.8 Å². The van der Waals surface area contributed by atoms with Gasteiger partial charge in [-0.05, 0) is 12.1 Å². The minimum absolute atomic E-state index is 0.327. The average molecular weight is 177 g/mol. The van der Waals surface area contributed by atoms with Gasteiger partial charge < -0.3 is 0 Å². The quantitative estimate of drug-likeness (QED) is 0.596. The van der Waals surface area contributed by atoms with Crippen LogP contribution in [0, 0.1) is 0 Å². The van der Waals surface area contributed by atoms with Crippen molar-refractivity contribution in [2.24, 2.45) is 7.05 Å². The molecule has 0 amide bonds. The molecule has 0 bridgehead atoms. The van der Waals surface area contributed by atoms with Gasteiger partial charge >= 0.3 is 5.69 Å². The van der Waals surface area contributed by atoms with Gasteiger partial charge in [0.1, 0.15) is 5.65 Å². The summed E-state index contributed by atoms with van der Waals surface area (Å²) in [6.45, 7) is 0. The lowest BCUT2D eigenvalue weighted by molar-refractivity contribution is 0.791. The predicted octanol–water partition coefficient (Wildman–Crippen LogP) is -0.378. The van der Waals surface area contributed by atoms with Gasteiger partial charge in [-0.2, -0.15) is 0 Å². The van der Waals surface area contributed by atoms with Gasteiger partial charge in [-0.1, -0.05) is 0 Å². The Morgan fingerprint density at radius 3 is 3.00 bits per heavy atom. The molecule has 0 aliphatic carbocycles. The molecule has 0 fully saturated rings. The molecule has 2 aromatic heterocycles. The van der Waals surface area contributed by atoms with E-state index < -0.39 is 5.69 Å². The van der Waals surface area contributed by atoms with Gasteiger partial charge in [0.25, 0.3) is 5.56 Å². The van der Waals surface area contributed by atoms with Gasteiger partial charge in [0.15, 0.2) is 0 Å². The molecule has 66 valence electrons. The molecule has 0 saturated heterocycles. The molecule has 0 atom stereocenters. The first-order valence-corrected chi connectivity index (χ1v) is 3.74. The molecule has 0 radical (unpaired) electrons. The van der Waals surface area contributed by atoms with Crippen molar-refractivity contribution in [3.8, 4) is 0 Å². The number of nitrogens with one attached hydrogen (secondary N) is 1. The van der Waals surface area contributed by atoms with Gasteiger partial charge in [-0.15, -0.1) is 0 Å². The molecule has 13 heavy (non-hydrogen) atoms. The summed E-state index contributed by atoms with van der Waals surface area (Å²) in [5, 5.41) is 0.421. The van der Waals surface area contributed by atoms with Gasteiger partial charge in [-0.25, -0.2) is 9.78 Å². The van der Waals surface area contributed by atoms with Gasteiger partial charge in [0.05, 0.1) is 5.39 Å². The summed E-state index contributed by atoms with van der Waals surface area (Å²) in [7, 11) is 1.42. The Balaban J connectivity index is 3.12. The zero-order chi connectivity index (χ0) is 9.42. The molecule has 0 unspecified atom stereocenters. The first-order chi connectivity index (χ1) is 6.20. The van der Waals surface area contributed by atoms with Crippen LogP contribution in [0.1, 0.15) is 0 Å². The van der Waals surface area contributed by atoms with E-state index in [-0.39, 0.29) is 5.56 Å². The van der Waals surface area contributed by atoms with Crippen LogP contribution in [0.25, 0.3) is 11.0 Å².